The summed E-state index contributed by atoms with van der Waals surface area (Å²) in [7, 11) is 0. The van der Waals surface area contributed by atoms with Crippen molar-refractivity contribution in [1.29, 1.82) is 0 Å². The van der Waals surface area contributed by atoms with Gasteiger partial charge < -0.3 is 15.8 Å². The van der Waals surface area contributed by atoms with E-state index in [4.69, 9.17) is 22.7 Å². The molecule has 19 heavy (non-hydrogen) atoms. The predicted octanol–water partition coefficient (Wildman–Crippen LogP) is 1.76. The van der Waals surface area contributed by atoms with Crippen molar-refractivity contribution in [3.63, 3.8) is 0 Å². The molecule has 2 rings (SSSR count). The maximum atomic E-state index is 11.7. The molecule has 1 aliphatic rings. The summed E-state index contributed by atoms with van der Waals surface area (Å²) in [6, 6.07) is 7.07. The van der Waals surface area contributed by atoms with Gasteiger partial charge in [0.15, 0.2) is 6.61 Å². The normalized spacial score (nSPS) is 16.3. The topological polar surface area (TPSA) is 64.3 Å². The zero-order valence-corrected chi connectivity index (χ0v) is 11.8. The standard InChI is InChI=1S/C14H18N2O2S/c1-14(7-2-8-14)16-12(17)9-18-11-5-3-10(4-6-11)13(15)19/h3-6H,2,7-9H2,1H3,(H2,15,19)(H,16,17). The van der Waals surface area contributed by atoms with E-state index in [1.165, 1.54) is 6.42 Å². The van der Waals surface area contributed by atoms with E-state index in [2.05, 4.69) is 12.2 Å². The van der Waals surface area contributed by atoms with Crippen molar-refractivity contribution in [2.45, 2.75) is 31.7 Å². The first-order chi connectivity index (χ1) is 8.98. The van der Waals surface area contributed by atoms with Crippen LogP contribution in [-0.2, 0) is 4.79 Å². The van der Waals surface area contributed by atoms with Crippen molar-refractivity contribution >= 4 is 23.1 Å². The average molecular weight is 278 g/mol. The number of rotatable bonds is 5. The minimum atomic E-state index is -0.0828. The molecule has 0 unspecified atom stereocenters. The molecule has 0 radical (unpaired) electrons. The lowest BCUT2D eigenvalue weighted by molar-refractivity contribution is -0.125. The number of thiocarbonyl (C=S) groups is 1. The number of nitrogens with two attached hydrogens (primary N) is 1. The summed E-state index contributed by atoms with van der Waals surface area (Å²) in [5, 5.41) is 2.99. The number of hydrogen-bond acceptors (Lipinski definition) is 3. The summed E-state index contributed by atoms with van der Waals surface area (Å²) in [6.45, 7) is 2.09. The van der Waals surface area contributed by atoms with Crippen LogP contribution >= 0.6 is 12.2 Å². The molecule has 0 aromatic heterocycles. The van der Waals surface area contributed by atoms with Crippen LogP contribution in [-0.4, -0.2) is 23.0 Å². The summed E-state index contributed by atoms with van der Waals surface area (Å²) >= 11 is 4.86. The molecule has 5 heteroatoms. The fourth-order valence-corrected chi connectivity index (χ4v) is 2.21. The summed E-state index contributed by atoms with van der Waals surface area (Å²) < 4.78 is 5.42. The Balaban J connectivity index is 1.81. The number of amides is 1. The summed E-state index contributed by atoms with van der Waals surface area (Å²) in [4.78, 5) is 12.1. The molecule has 4 nitrogen and oxygen atoms in total. The second-order valence-electron chi connectivity index (χ2n) is 5.14. The molecular weight excluding hydrogens is 260 g/mol. The molecule has 1 fully saturated rings. The van der Waals surface area contributed by atoms with Gasteiger partial charge in [-0.05, 0) is 50.5 Å². The van der Waals surface area contributed by atoms with Crippen LogP contribution in [0.4, 0.5) is 0 Å². The second-order valence-corrected chi connectivity index (χ2v) is 5.58. The predicted molar refractivity (Wildman–Crippen MR) is 78.2 cm³/mol. The van der Waals surface area contributed by atoms with Crippen LogP contribution in [0, 0.1) is 0 Å². The van der Waals surface area contributed by atoms with Crippen LogP contribution < -0.4 is 15.8 Å². The lowest BCUT2D eigenvalue weighted by Gasteiger charge is -2.39. The number of carbonyl (C=O) groups excluding carboxylic acids is 1. The van der Waals surface area contributed by atoms with Gasteiger partial charge in [-0.3, -0.25) is 4.79 Å². The van der Waals surface area contributed by atoms with Gasteiger partial charge in [-0.2, -0.15) is 0 Å². The lowest BCUT2D eigenvalue weighted by Crippen LogP contribution is -2.52. The van der Waals surface area contributed by atoms with Gasteiger partial charge in [-0.25, -0.2) is 0 Å². The Morgan fingerprint density at radius 1 is 1.42 bits per heavy atom. The van der Waals surface area contributed by atoms with E-state index in [1.807, 2.05) is 0 Å². The van der Waals surface area contributed by atoms with Crippen molar-refractivity contribution in [1.82, 2.24) is 5.32 Å². The molecule has 0 aliphatic heterocycles. The zero-order valence-electron chi connectivity index (χ0n) is 10.9. The molecule has 1 aromatic carbocycles. The first-order valence-corrected chi connectivity index (χ1v) is 6.73. The molecule has 0 heterocycles. The van der Waals surface area contributed by atoms with Gasteiger partial charge in [0.2, 0.25) is 0 Å². The Labute approximate surface area is 118 Å². The molecule has 1 saturated carbocycles. The molecule has 3 N–H and O–H groups in total. The number of benzene rings is 1. The Hall–Kier alpha value is -1.62. The van der Waals surface area contributed by atoms with Gasteiger partial charge in [-0.15, -0.1) is 0 Å². The largest absolute Gasteiger partial charge is 0.484 e. The molecular formula is C14H18N2O2S. The van der Waals surface area contributed by atoms with Crippen molar-refractivity contribution in [2.75, 3.05) is 6.61 Å². The molecule has 0 bridgehead atoms. The monoisotopic (exact) mass is 278 g/mol. The van der Waals surface area contributed by atoms with Crippen molar-refractivity contribution in [3.8, 4) is 5.75 Å². The number of carbonyl (C=O) groups is 1. The Morgan fingerprint density at radius 3 is 2.53 bits per heavy atom. The SMILES string of the molecule is CC1(NC(=O)COc2ccc(C(N)=S)cc2)CCC1. The van der Waals surface area contributed by atoms with Crippen molar-refractivity contribution in [2.24, 2.45) is 5.73 Å². The molecule has 0 saturated heterocycles. The van der Waals surface area contributed by atoms with Crippen LogP contribution in [0.1, 0.15) is 31.7 Å². The molecule has 0 atom stereocenters. The van der Waals surface area contributed by atoms with Crippen LogP contribution in [0.15, 0.2) is 24.3 Å². The first kappa shape index (κ1) is 13.8. The molecule has 1 aromatic rings. The van der Waals surface area contributed by atoms with E-state index < -0.39 is 0 Å². The van der Waals surface area contributed by atoms with E-state index in [0.717, 1.165) is 18.4 Å². The van der Waals surface area contributed by atoms with Gasteiger partial charge >= 0.3 is 0 Å². The number of nitrogens with one attached hydrogen (secondary N) is 1. The smallest absolute Gasteiger partial charge is 0.258 e. The van der Waals surface area contributed by atoms with Crippen molar-refractivity contribution < 1.29 is 9.53 Å². The summed E-state index contributed by atoms with van der Waals surface area (Å²) in [6.07, 6.45) is 3.26. The highest BCUT2D eigenvalue weighted by Gasteiger charge is 2.33. The lowest BCUT2D eigenvalue weighted by atomic mass is 9.78. The fraction of sp³-hybridized carbons (Fsp3) is 0.429. The van der Waals surface area contributed by atoms with Crippen LogP contribution in [0.5, 0.6) is 5.75 Å². The summed E-state index contributed by atoms with van der Waals surface area (Å²) in [5.41, 5.74) is 6.26. The molecule has 102 valence electrons. The maximum absolute atomic E-state index is 11.7. The Bertz CT molecular complexity index is 481. The Morgan fingerprint density at radius 2 is 2.05 bits per heavy atom. The molecule has 0 spiro atoms. The van der Waals surface area contributed by atoms with Gasteiger partial charge in [0.25, 0.3) is 5.91 Å². The average Bonchev–Trinajstić information content (AvgIpc) is 2.35. The van der Waals surface area contributed by atoms with Gasteiger partial charge in [-0.1, -0.05) is 12.2 Å². The highest BCUT2D eigenvalue weighted by molar-refractivity contribution is 7.80. The van der Waals surface area contributed by atoms with E-state index >= 15 is 0 Å². The van der Waals surface area contributed by atoms with Gasteiger partial charge in [0.1, 0.15) is 10.7 Å². The van der Waals surface area contributed by atoms with Crippen molar-refractivity contribution in [3.05, 3.63) is 29.8 Å². The van der Waals surface area contributed by atoms with Crippen LogP contribution in [0.3, 0.4) is 0 Å². The van der Waals surface area contributed by atoms with E-state index in [9.17, 15) is 4.79 Å². The maximum Gasteiger partial charge on any atom is 0.258 e. The first-order valence-electron chi connectivity index (χ1n) is 6.32. The van der Waals surface area contributed by atoms with Crippen LogP contribution in [0.2, 0.25) is 0 Å². The zero-order chi connectivity index (χ0) is 13.9. The van der Waals surface area contributed by atoms with E-state index in [-0.39, 0.29) is 18.1 Å². The summed E-state index contributed by atoms with van der Waals surface area (Å²) in [5.74, 6) is 0.550. The third-order valence-corrected chi connectivity index (χ3v) is 3.64. The third kappa shape index (κ3) is 3.67. The van der Waals surface area contributed by atoms with Gasteiger partial charge in [0, 0.05) is 11.1 Å². The van der Waals surface area contributed by atoms with E-state index in [0.29, 0.717) is 10.7 Å². The van der Waals surface area contributed by atoms with Gasteiger partial charge in [0.05, 0.1) is 0 Å². The number of hydrogen-bond donors (Lipinski definition) is 2. The Kier molecular flexibility index (Phi) is 4.04. The highest BCUT2D eigenvalue weighted by Crippen LogP contribution is 2.30. The minimum absolute atomic E-state index is 0.0298. The minimum Gasteiger partial charge on any atom is -0.484 e. The second kappa shape index (κ2) is 5.57. The molecule has 1 amide bonds. The molecule has 1 aliphatic carbocycles. The third-order valence-electron chi connectivity index (χ3n) is 3.41. The quantitative estimate of drug-likeness (QED) is 0.806. The van der Waals surface area contributed by atoms with E-state index in [1.54, 1.807) is 24.3 Å². The fourth-order valence-electron chi connectivity index (χ4n) is 2.07. The van der Waals surface area contributed by atoms with Crippen LogP contribution in [0.25, 0.3) is 0 Å². The highest BCUT2D eigenvalue weighted by atomic mass is 32.1. The number of ether oxygens (including phenoxy) is 1.